The Hall–Kier alpha value is -2.85. The third kappa shape index (κ3) is 3.49. The summed E-state index contributed by atoms with van der Waals surface area (Å²) in [6, 6.07) is 9.09. The quantitative estimate of drug-likeness (QED) is 0.515. The number of ether oxygens (including phenoxy) is 1. The summed E-state index contributed by atoms with van der Waals surface area (Å²) >= 11 is 0. The lowest BCUT2D eigenvalue weighted by atomic mass is 10.1. The molecular weight excluding hydrogens is 380 g/mol. The van der Waals surface area contributed by atoms with Crippen molar-refractivity contribution in [1.29, 1.82) is 5.26 Å². The Bertz CT molecular complexity index is 956. The van der Waals surface area contributed by atoms with Crippen molar-refractivity contribution in [1.82, 2.24) is 14.6 Å². The van der Waals surface area contributed by atoms with Crippen LogP contribution < -0.4 is 5.73 Å². The second kappa shape index (κ2) is 7.88. The summed E-state index contributed by atoms with van der Waals surface area (Å²) in [6.45, 7) is -0.247. The molecule has 11 heteroatoms. The van der Waals surface area contributed by atoms with Gasteiger partial charge in [-0.25, -0.2) is 15.0 Å². The fourth-order valence-corrected chi connectivity index (χ4v) is 3.30. The third-order valence-corrected chi connectivity index (χ3v) is 4.87. The Morgan fingerprint density at radius 1 is 1.31 bits per heavy atom. The van der Waals surface area contributed by atoms with Crippen LogP contribution in [0.1, 0.15) is 29.2 Å². The maximum absolute atomic E-state index is 10.2. The Labute approximate surface area is 165 Å². The largest absolute Gasteiger partial charge is 0.394 e. The first kappa shape index (κ1) is 19.5. The highest BCUT2D eigenvalue weighted by Crippen LogP contribution is 2.37. The second-order valence-electron chi connectivity index (χ2n) is 6.72. The molecule has 0 radical (unpaired) electrons. The number of hydrogen-bond donors (Lipinski definition) is 4. The minimum absolute atomic E-state index is 0.181. The van der Waals surface area contributed by atoms with Gasteiger partial charge in [-0.2, -0.15) is 5.26 Å². The molecule has 5 atom stereocenters. The molecule has 152 valence electrons. The number of aliphatic imine (C=N–C) groups is 1. The van der Waals surface area contributed by atoms with Gasteiger partial charge in [0.05, 0.1) is 24.6 Å². The molecule has 5 N–H and O–H groups in total. The van der Waals surface area contributed by atoms with Gasteiger partial charge in [0, 0.05) is 0 Å². The molecule has 2 aliphatic heterocycles. The lowest BCUT2D eigenvalue weighted by Gasteiger charge is -2.28. The molecule has 0 amide bonds. The monoisotopic (exact) mass is 400 g/mol. The van der Waals surface area contributed by atoms with E-state index < -0.39 is 37.3 Å². The van der Waals surface area contributed by atoms with Crippen molar-refractivity contribution in [3.8, 4) is 6.07 Å². The van der Waals surface area contributed by atoms with Crippen LogP contribution in [-0.4, -0.2) is 61.2 Å². The molecule has 3 heterocycles. The first-order valence-corrected chi connectivity index (χ1v) is 8.92. The number of rotatable bonds is 5. The highest BCUT2D eigenvalue weighted by molar-refractivity contribution is 5.64. The minimum atomic E-state index is -1.25. The summed E-state index contributed by atoms with van der Waals surface area (Å²) in [6.07, 6.45) is -2.31. The number of hydroxylamine groups is 2. The molecule has 0 saturated carbocycles. The van der Waals surface area contributed by atoms with Gasteiger partial charge in [0.15, 0.2) is 18.2 Å². The zero-order valence-corrected chi connectivity index (χ0v) is 15.2. The number of aromatic nitrogens is 2. The number of nitrogens with zero attached hydrogens (tertiary/aromatic N) is 5. The fraction of sp³-hybridized carbons (Fsp3) is 0.389. The van der Waals surface area contributed by atoms with Crippen LogP contribution >= 0.6 is 0 Å². The molecule has 2 aromatic rings. The van der Waals surface area contributed by atoms with E-state index in [1.54, 1.807) is 18.2 Å². The molecule has 1 saturated heterocycles. The number of nitrogens with two attached hydrogens (primary N) is 1. The molecule has 4 rings (SSSR count). The van der Waals surface area contributed by atoms with E-state index in [-0.39, 0.29) is 6.61 Å². The standard InChI is InChI=1S/C18H20N6O5/c19-5-10-2-1-3-11(4-10)7-28-24-9-22-17-13(16(24)20)21-8-23(17)18-15(27)14(26)12(6-25)29-18/h1-4,8-9,12,14-16,18,25-27H,6-7,20H2/t12-,14?,15?,16?,18-/m1/s1. The predicted octanol–water partition coefficient (Wildman–Crippen LogP) is -0.569. The lowest BCUT2D eigenvalue weighted by Crippen LogP contribution is -2.36. The summed E-state index contributed by atoms with van der Waals surface area (Å²) in [4.78, 5) is 14.2. The molecule has 1 aromatic carbocycles. The average Bonchev–Trinajstić information content (AvgIpc) is 3.29. The molecule has 1 fully saturated rings. The number of fused-ring (bicyclic) bond motifs is 1. The first-order valence-electron chi connectivity index (χ1n) is 8.92. The maximum atomic E-state index is 10.2. The Morgan fingerprint density at radius 2 is 2.14 bits per heavy atom. The highest BCUT2D eigenvalue weighted by Gasteiger charge is 2.44. The number of imidazole rings is 1. The molecule has 11 nitrogen and oxygen atoms in total. The van der Waals surface area contributed by atoms with Crippen LogP contribution in [0.15, 0.2) is 35.6 Å². The van der Waals surface area contributed by atoms with Crippen LogP contribution in [0, 0.1) is 11.3 Å². The van der Waals surface area contributed by atoms with Crippen LogP contribution in [0.4, 0.5) is 5.82 Å². The topological polar surface area (TPSA) is 162 Å². The Balaban J connectivity index is 1.49. The highest BCUT2D eigenvalue weighted by atomic mass is 16.7. The number of nitriles is 1. The van der Waals surface area contributed by atoms with Gasteiger partial charge in [0.2, 0.25) is 0 Å². The van der Waals surface area contributed by atoms with Gasteiger partial charge in [-0.05, 0) is 17.7 Å². The van der Waals surface area contributed by atoms with E-state index in [0.717, 1.165) is 5.56 Å². The van der Waals surface area contributed by atoms with E-state index in [2.05, 4.69) is 16.0 Å². The minimum Gasteiger partial charge on any atom is -0.394 e. The van der Waals surface area contributed by atoms with Gasteiger partial charge in [-0.3, -0.25) is 9.40 Å². The first-order chi connectivity index (χ1) is 14.0. The zero-order chi connectivity index (χ0) is 20.5. The molecular formula is C18H20N6O5. The van der Waals surface area contributed by atoms with Crippen molar-refractivity contribution in [3.05, 3.63) is 47.4 Å². The van der Waals surface area contributed by atoms with Crippen molar-refractivity contribution in [3.63, 3.8) is 0 Å². The van der Waals surface area contributed by atoms with Gasteiger partial charge in [-0.15, -0.1) is 0 Å². The maximum Gasteiger partial charge on any atom is 0.165 e. The van der Waals surface area contributed by atoms with E-state index >= 15 is 0 Å². The van der Waals surface area contributed by atoms with E-state index in [0.29, 0.717) is 17.1 Å². The van der Waals surface area contributed by atoms with Crippen LogP contribution in [0.2, 0.25) is 0 Å². The molecule has 29 heavy (non-hydrogen) atoms. The molecule has 2 aliphatic rings. The summed E-state index contributed by atoms with van der Waals surface area (Å²) in [5.74, 6) is 0.360. The van der Waals surface area contributed by atoms with Crippen molar-refractivity contribution < 1.29 is 24.9 Å². The van der Waals surface area contributed by atoms with Gasteiger partial charge >= 0.3 is 0 Å². The zero-order valence-electron chi connectivity index (χ0n) is 15.2. The Kier molecular flexibility index (Phi) is 5.29. The number of benzene rings is 1. The van der Waals surface area contributed by atoms with Gasteiger partial charge in [0.1, 0.15) is 37.0 Å². The SMILES string of the molecule is N#Cc1cccc(CON2C=Nc3c(ncn3[C@@H]3O[C@H](CO)C(O)C3O)C2N)c1. The summed E-state index contributed by atoms with van der Waals surface area (Å²) in [5, 5.41) is 39.8. The summed E-state index contributed by atoms with van der Waals surface area (Å²) in [7, 11) is 0. The number of hydrogen-bond acceptors (Lipinski definition) is 10. The number of aliphatic hydroxyl groups is 3. The van der Waals surface area contributed by atoms with Gasteiger partial charge in [-0.1, -0.05) is 12.1 Å². The predicted molar refractivity (Wildman–Crippen MR) is 98.1 cm³/mol. The fourth-order valence-electron chi connectivity index (χ4n) is 3.30. The lowest BCUT2D eigenvalue weighted by molar-refractivity contribution is -0.136. The second-order valence-corrected chi connectivity index (χ2v) is 6.72. The van der Waals surface area contributed by atoms with Crippen LogP contribution in [0.3, 0.4) is 0 Å². The van der Waals surface area contributed by atoms with E-state index in [4.69, 9.17) is 20.6 Å². The summed E-state index contributed by atoms with van der Waals surface area (Å²) < 4.78 is 6.98. The number of aliphatic hydroxyl groups excluding tert-OH is 3. The van der Waals surface area contributed by atoms with Crippen LogP contribution in [-0.2, 0) is 16.2 Å². The van der Waals surface area contributed by atoms with Gasteiger partial charge < -0.3 is 25.8 Å². The van der Waals surface area contributed by atoms with Crippen molar-refractivity contribution in [2.45, 2.75) is 37.3 Å². The normalized spacial score (nSPS) is 28.4. The molecule has 1 aromatic heterocycles. The van der Waals surface area contributed by atoms with Crippen molar-refractivity contribution in [2.75, 3.05) is 6.61 Å². The smallest absolute Gasteiger partial charge is 0.165 e. The molecule has 0 aliphatic carbocycles. The molecule has 0 spiro atoms. The third-order valence-electron chi connectivity index (χ3n) is 4.87. The molecule has 3 unspecified atom stereocenters. The van der Waals surface area contributed by atoms with E-state index in [9.17, 15) is 15.3 Å². The van der Waals surface area contributed by atoms with Crippen LogP contribution in [0.25, 0.3) is 0 Å². The van der Waals surface area contributed by atoms with Crippen molar-refractivity contribution in [2.24, 2.45) is 10.7 Å². The Morgan fingerprint density at radius 3 is 2.86 bits per heavy atom. The summed E-state index contributed by atoms with van der Waals surface area (Å²) in [5.41, 5.74) is 7.95. The van der Waals surface area contributed by atoms with Crippen molar-refractivity contribution >= 4 is 12.2 Å². The van der Waals surface area contributed by atoms with E-state index in [1.165, 1.54) is 22.3 Å². The van der Waals surface area contributed by atoms with Gasteiger partial charge in [0.25, 0.3) is 0 Å². The molecule has 0 bridgehead atoms. The van der Waals surface area contributed by atoms with E-state index in [1.807, 2.05) is 6.07 Å². The van der Waals surface area contributed by atoms with Crippen LogP contribution in [0.5, 0.6) is 0 Å². The average molecular weight is 400 g/mol.